The van der Waals surface area contributed by atoms with Gasteiger partial charge in [-0.3, -0.25) is 9.59 Å². The van der Waals surface area contributed by atoms with Crippen LogP contribution in [0.5, 0.6) is 0 Å². The molecule has 2 aromatic rings. The van der Waals surface area contributed by atoms with Crippen LogP contribution < -0.4 is 10.6 Å². The van der Waals surface area contributed by atoms with Crippen LogP contribution >= 0.6 is 0 Å². The SMILES string of the molecule is CC(OC(=O)c1cccc(NC(=O)C(C)(C)C)c1)C(=O)NCc1ccccc1. The Balaban J connectivity index is 1.93. The van der Waals surface area contributed by atoms with Crippen molar-refractivity contribution in [3.63, 3.8) is 0 Å². The molecule has 0 spiro atoms. The van der Waals surface area contributed by atoms with Gasteiger partial charge in [-0.05, 0) is 30.7 Å². The zero-order valence-electron chi connectivity index (χ0n) is 16.6. The van der Waals surface area contributed by atoms with Crippen molar-refractivity contribution < 1.29 is 19.1 Å². The molecule has 0 bridgehead atoms. The Bertz CT molecular complexity index is 841. The first-order valence-electron chi connectivity index (χ1n) is 9.11. The average molecular weight is 382 g/mol. The molecule has 6 nitrogen and oxygen atoms in total. The topological polar surface area (TPSA) is 84.5 Å². The fourth-order valence-corrected chi connectivity index (χ4v) is 2.25. The van der Waals surface area contributed by atoms with Gasteiger partial charge in [0.25, 0.3) is 5.91 Å². The molecule has 1 unspecified atom stereocenters. The molecule has 0 aliphatic rings. The average Bonchev–Trinajstić information content (AvgIpc) is 2.66. The summed E-state index contributed by atoms with van der Waals surface area (Å²) in [6, 6.07) is 15.9. The van der Waals surface area contributed by atoms with Gasteiger partial charge in [0.15, 0.2) is 6.10 Å². The number of esters is 1. The molecule has 1 atom stereocenters. The lowest BCUT2D eigenvalue weighted by Crippen LogP contribution is -2.35. The molecular formula is C22H26N2O4. The van der Waals surface area contributed by atoms with Crippen molar-refractivity contribution in [3.05, 3.63) is 65.7 Å². The lowest BCUT2D eigenvalue weighted by Gasteiger charge is -2.18. The second-order valence-electron chi connectivity index (χ2n) is 7.54. The number of nitrogens with one attached hydrogen (secondary N) is 2. The highest BCUT2D eigenvalue weighted by atomic mass is 16.5. The van der Waals surface area contributed by atoms with E-state index in [9.17, 15) is 14.4 Å². The Kier molecular flexibility index (Phi) is 6.93. The smallest absolute Gasteiger partial charge is 0.338 e. The number of hydrogen-bond donors (Lipinski definition) is 2. The zero-order valence-corrected chi connectivity index (χ0v) is 16.6. The molecule has 0 saturated carbocycles. The van der Waals surface area contributed by atoms with Crippen molar-refractivity contribution in [2.75, 3.05) is 5.32 Å². The molecule has 148 valence electrons. The molecule has 2 amide bonds. The summed E-state index contributed by atoms with van der Waals surface area (Å²) in [5, 5.41) is 5.50. The second-order valence-corrected chi connectivity index (χ2v) is 7.54. The minimum absolute atomic E-state index is 0.160. The van der Waals surface area contributed by atoms with Crippen LogP contribution in [-0.4, -0.2) is 23.9 Å². The van der Waals surface area contributed by atoms with Gasteiger partial charge in [-0.15, -0.1) is 0 Å². The van der Waals surface area contributed by atoms with Crippen molar-refractivity contribution in [2.24, 2.45) is 5.41 Å². The van der Waals surface area contributed by atoms with E-state index in [0.29, 0.717) is 12.2 Å². The molecule has 0 aromatic heterocycles. The van der Waals surface area contributed by atoms with Crippen molar-refractivity contribution in [1.82, 2.24) is 5.32 Å². The number of carbonyl (C=O) groups excluding carboxylic acids is 3. The van der Waals surface area contributed by atoms with E-state index in [1.165, 1.54) is 13.0 Å². The van der Waals surface area contributed by atoms with Crippen molar-refractivity contribution in [3.8, 4) is 0 Å². The summed E-state index contributed by atoms with van der Waals surface area (Å²) in [4.78, 5) is 36.6. The Labute approximate surface area is 165 Å². The minimum atomic E-state index is -0.941. The van der Waals surface area contributed by atoms with Crippen molar-refractivity contribution in [2.45, 2.75) is 40.3 Å². The van der Waals surface area contributed by atoms with E-state index in [-0.39, 0.29) is 17.4 Å². The number of anilines is 1. The maximum absolute atomic E-state index is 12.4. The van der Waals surface area contributed by atoms with Crippen LogP contribution in [0.15, 0.2) is 54.6 Å². The summed E-state index contributed by atoms with van der Waals surface area (Å²) < 4.78 is 5.25. The third-order valence-corrected chi connectivity index (χ3v) is 4.00. The van der Waals surface area contributed by atoms with E-state index < -0.39 is 17.5 Å². The number of carbonyl (C=O) groups is 3. The molecule has 6 heteroatoms. The molecule has 0 saturated heterocycles. The molecule has 0 aliphatic carbocycles. The Hall–Kier alpha value is -3.15. The summed E-state index contributed by atoms with van der Waals surface area (Å²) in [6.07, 6.45) is -0.941. The Morgan fingerprint density at radius 3 is 2.32 bits per heavy atom. The summed E-state index contributed by atoms with van der Waals surface area (Å²) in [7, 11) is 0. The standard InChI is InChI=1S/C22H26N2O4/c1-15(19(25)23-14-16-9-6-5-7-10-16)28-20(26)17-11-8-12-18(13-17)24-21(27)22(2,3)4/h5-13,15H,14H2,1-4H3,(H,23,25)(H,24,27). The van der Waals surface area contributed by atoms with Crippen molar-refractivity contribution >= 4 is 23.5 Å². The molecule has 2 rings (SSSR count). The Morgan fingerprint density at radius 1 is 1.00 bits per heavy atom. The lowest BCUT2D eigenvalue weighted by atomic mass is 9.95. The van der Waals surface area contributed by atoms with Gasteiger partial charge in [-0.1, -0.05) is 57.2 Å². The van der Waals surface area contributed by atoms with Gasteiger partial charge in [-0.2, -0.15) is 0 Å². The lowest BCUT2D eigenvalue weighted by molar-refractivity contribution is -0.129. The van der Waals surface area contributed by atoms with E-state index >= 15 is 0 Å². The summed E-state index contributed by atoms with van der Waals surface area (Å²) >= 11 is 0. The molecule has 0 fully saturated rings. The van der Waals surface area contributed by atoms with E-state index in [1.807, 2.05) is 30.3 Å². The minimum Gasteiger partial charge on any atom is -0.449 e. The van der Waals surface area contributed by atoms with E-state index in [4.69, 9.17) is 4.74 Å². The molecular weight excluding hydrogens is 356 g/mol. The summed E-state index contributed by atoms with van der Waals surface area (Å²) in [5.74, 6) is -1.17. The van der Waals surface area contributed by atoms with Gasteiger partial charge in [0.05, 0.1) is 5.56 Å². The van der Waals surface area contributed by atoms with E-state index in [1.54, 1.807) is 39.0 Å². The van der Waals surface area contributed by atoms with Crippen LogP contribution in [0, 0.1) is 5.41 Å². The van der Waals surface area contributed by atoms with Crippen LogP contribution in [-0.2, 0) is 20.9 Å². The van der Waals surface area contributed by atoms with Gasteiger partial charge in [-0.25, -0.2) is 4.79 Å². The molecule has 0 heterocycles. The monoisotopic (exact) mass is 382 g/mol. The number of benzene rings is 2. The Morgan fingerprint density at radius 2 is 1.68 bits per heavy atom. The predicted octanol–water partition coefficient (Wildman–Crippen LogP) is 3.53. The molecule has 0 aliphatic heterocycles. The quantitative estimate of drug-likeness (QED) is 0.749. The van der Waals surface area contributed by atoms with Gasteiger partial charge >= 0.3 is 5.97 Å². The van der Waals surface area contributed by atoms with Crippen molar-refractivity contribution in [1.29, 1.82) is 0 Å². The fraction of sp³-hybridized carbons (Fsp3) is 0.318. The normalized spacial score (nSPS) is 12.0. The van der Waals surface area contributed by atoms with Crippen LogP contribution in [0.4, 0.5) is 5.69 Å². The predicted molar refractivity (Wildman–Crippen MR) is 108 cm³/mol. The van der Waals surface area contributed by atoms with Crippen LogP contribution in [0.25, 0.3) is 0 Å². The summed E-state index contributed by atoms with van der Waals surface area (Å²) in [5.41, 5.74) is 1.16. The van der Waals surface area contributed by atoms with Gasteiger partial charge < -0.3 is 15.4 Å². The first-order valence-corrected chi connectivity index (χ1v) is 9.11. The van der Waals surface area contributed by atoms with Crippen LogP contribution in [0.1, 0.15) is 43.6 Å². The first-order chi connectivity index (χ1) is 13.2. The number of hydrogen-bond acceptors (Lipinski definition) is 4. The summed E-state index contributed by atoms with van der Waals surface area (Å²) in [6.45, 7) is 7.28. The van der Waals surface area contributed by atoms with Gasteiger partial charge in [0.1, 0.15) is 0 Å². The molecule has 2 N–H and O–H groups in total. The fourth-order valence-electron chi connectivity index (χ4n) is 2.25. The van der Waals surface area contributed by atoms with Crippen LogP contribution in [0.3, 0.4) is 0 Å². The maximum Gasteiger partial charge on any atom is 0.338 e. The number of rotatable bonds is 6. The van der Waals surface area contributed by atoms with Gasteiger partial charge in [0.2, 0.25) is 5.91 Å². The zero-order chi connectivity index (χ0) is 20.7. The first kappa shape index (κ1) is 21.2. The largest absolute Gasteiger partial charge is 0.449 e. The third kappa shape index (κ3) is 6.23. The highest BCUT2D eigenvalue weighted by Gasteiger charge is 2.22. The highest BCUT2D eigenvalue weighted by molar-refractivity contribution is 5.97. The molecule has 2 aromatic carbocycles. The number of ether oxygens (including phenoxy) is 1. The van der Waals surface area contributed by atoms with E-state index in [0.717, 1.165) is 5.56 Å². The van der Waals surface area contributed by atoms with E-state index in [2.05, 4.69) is 10.6 Å². The second kappa shape index (κ2) is 9.17. The van der Waals surface area contributed by atoms with Gasteiger partial charge in [0, 0.05) is 17.6 Å². The molecule has 28 heavy (non-hydrogen) atoms. The highest BCUT2D eigenvalue weighted by Crippen LogP contribution is 2.18. The number of amides is 2. The molecule has 0 radical (unpaired) electrons. The van der Waals surface area contributed by atoms with Crippen LogP contribution in [0.2, 0.25) is 0 Å². The third-order valence-electron chi connectivity index (χ3n) is 4.00. The maximum atomic E-state index is 12.4.